The lowest BCUT2D eigenvalue weighted by Gasteiger charge is -2.27. The van der Waals surface area contributed by atoms with Crippen LogP contribution in [-0.4, -0.2) is 27.2 Å². The van der Waals surface area contributed by atoms with E-state index in [1.807, 2.05) is 12.1 Å². The van der Waals surface area contributed by atoms with Gasteiger partial charge in [0, 0.05) is 17.6 Å². The number of benzene rings is 1. The predicted molar refractivity (Wildman–Crippen MR) is 80.4 cm³/mol. The van der Waals surface area contributed by atoms with Gasteiger partial charge in [-0.2, -0.15) is 0 Å². The second-order valence-electron chi connectivity index (χ2n) is 5.60. The molecule has 1 aliphatic carbocycles. The summed E-state index contributed by atoms with van der Waals surface area (Å²) >= 11 is 0. The molecule has 1 heterocycles. The van der Waals surface area contributed by atoms with Crippen LogP contribution in [0, 0.1) is 5.92 Å². The second kappa shape index (κ2) is 5.60. The maximum absolute atomic E-state index is 11.0. The van der Waals surface area contributed by atoms with Crippen molar-refractivity contribution in [3.8, 4) is 5.75 Å². The minimum absolute atomic E-state index is 0.215. The first-order valence-corrected chi connectivity index (χ1v) is 7.20. The Kier molecular flexibility index (Phi) is 3.64. The van der Waals surface area contributed by atoms with Crippen molar-refractivity contribution in [1.29, 1.82) is 0 Å². The number of carbonyl (C=O) groups is 1. The van der Waals surface area contributed by atoms with E-state index in [1.54, 1.807) is 18.3 Å². The van der Waals surface area contributed by atoms with Gasteiger partial charge in [0.1, 0.15) is 11.6 Å². The average Bonchev–Trinajstić information content (AvgIpc) is 2.48. The van der Waals surface area contributed by atoms with E-state index in [1.165, 1.54) is 0 Å². The van der Waals surface area contributed by atoms with E-state index in [0.717, 1.165) is 29.4 Å². The third-order valence-corrected chi connectivity index (χ3v) is 4.17. The molecule has 0 aliphatic heterocycles. The normalized spacial score (nSPS) is 22.1. The largest absolute Gasteiger partial charge is 0.508 e. The Labute approximate surface area is 122 Å². The Hall–Kier alpha value is -2.30. The lowest BCUT2D eigenvalue weighted by Crippen LogP contribution is -2.29. The number of aromatic nitrogens is 1. The molecule has 5 nitrogen and oxygen atoms in total. The summed E-state index contributed by atoms with van der Waals surface area (Å²) in [6.45, 7) is 0. The molecule has 3 rings (SSSR count). The van der Waals surface area contributed by atoms with Crippen molar-refractivity contribution in [2.75, 3.05) is 5.32 Å². The molecule has 3 N–H and O–H groups in total. The summed E-state index contributed by atoms with van der Waals surface area (Å²) in [5, 5.41) is 24.0. The molecule has 1 fully saturated rings. The van der Waals surface area contributed by atoms with Crippen LogP contribution in [0.3, 0.4) is 0 Å². The van der Waals surface area contributed by atoms with Crippen molar-refractivity contribution in [2.24, 2.45) is 5.92 Å². The lowest BCUT2D eigenvalue weighted by atomic mass is 9.86. The molecule has 0 bridgehead atoms. The first kappa shape index (κ1) is 13.7. The molecule has 0 atom stereocenters. The van der Waals surface area contributed by atoms with Gasteiger partial charge in [-0.3, -0.25) is 4.79 Å². The van der Waals surface area contributed by atoms with Crippen LogP contribution in [0.2, 0.25) is 0 Å². The zero-order valence-electron chi connectivity index (χ0n) is 11.6. The fraction of sp³-hybridized carbons (Fsp3) is 0.375. The van der Waals surface area contributed by atoms with Crippen molar-refractivity contribution < 1.29 is 15.0 Å². The van der Waals surface area contributed by atoms with Crippen molar-refractivity contribution >= 4 is 22.6 Å². The SMILES string of the molecule is O=C(O)C1CCC(Nc2nccc3ccc(O)cc23)CC1. The first-order chi connectivity index (χ1) is 10.1. The van der Waals surface area contributed by atoms with Gasteiger partial charge in [0.15, 0.2) is 0 Å². The van der Waals surface area contributed by atoms with Crippen molar-refractivity contribution in [2.45, 2.75) is 31.7 Å². The van der Waals surface area contributed by atoms with Gasteiger partial charge in [-0.15, -0.1) is 0 Å². The van der Waals surface area contributed by atoms with E-state index in [4.69, 9.17) is 5.11 Å². The number of rotatable bonds is 3. The molecule has 0 unspecified atom stereocenters. The zero-order chi connectivity index (χ0) is 14.8. The number of carboxylic acids is 1. The molecule has 1 aromatic carbocycles. The average molecular weight is 286 g/mol. The van der Waals surface area contributed by atoms with Gasteiger partial charge in [0.2, 0.25) is 0 Å². The third-order valence-electron chi connectivity index (χ3n) is 4.17. The molecule has 1 aromatic heterocycles. The number of nitrogens with zero attached hydrogens (tertiary/aromatic N) is 1. The van der Waals surface area contributed by atoms with E-state index in [9.17, 15) is 9.90 Å². The first-order valence-electron chi connectivity index (χ1n) is 7.20. The third kappa shape index (κ3) is 2.91. The molecule has 1 saturated carbocycles. The van der Waals surface area contributed by atoms with Crippen LogP contribution in [0.25, 0.3) is 10.8 Å². The Bertz CT molecular complexity index is 664. The molecule has 110 valence electrons. The van der Waals surface area contributed by atoms with Gasteiger partial charge < -0.3 is 15.5 Å². The number of phenolic OH excluding ortho intramolecular Hbond substituents is 1. The number of carboxylic acid groups (broad SMARTS) is 1. The van der Waals surface area contributed by atoms with E-state index >= 15 is 0 Å². The molecule has 0 amide bonds. The Balaban J connectivity index is 1.77. The smallest absolute Gasteiger partial charge is 0.306 e. The Morgan fingerprint density at radius 3 is 2.67 bits per heavy atom. The van der Waals surface area contributed by atoms with E-state index in [0.29, 0.717) is 12.8 Å². The highest BCUT2D eigenvalue weighted by Crippen LogP contribution is 2.30. The Morgan fingerprint density at radius 1 is 1.19 bits per heavy atom. The highest BCUT2D eigenvalue weighted by Gasteiger charge is 2.26. The molecule has 0 radical (unpaired) electrons. The summed E-state index contributed by atoms with van der Waals surface area (Å²) in [7, 11) is 0. The molecular formula is C16H18N2O3. The molecule has 5 heteroatoms. The van der Waals surface area contributed by atoms with Crippen LogP contribution in [0.1, 0.15) is 25.7 Å². The van der Waals surface area contributed by atoms with Crippen LogP contribution in [-0.2, 0) is 4.79 Å². The maximum Gasteiger partial charge on any atom is 0.306 e. The van der Waals surface area contributed by atoms with Gasteiger partial charge in [-0.05, 0) is 49.3 Å². The molecule has 21 heavy (non-hydrogen) atoms. The van der Waals surface area contributed by atoms with Gasteiger partial charge in [0.25, 0.3) is 0 Å². The number of phenols is 1. The van der Waals surface area contributed by atoms with Gasteiger partial charge in [-0.1, -0.05) is 6.07 Å². The van der Waals surface area contributed by atoms with Crippen LogP contribution in [0.4, 0.5) is 5.82 Å². The molecule has 0 saturated heterocycles. The number of pyridine rings is 1. The number of hydrogen-bond acceptors (Lipinski definition) is 4. The van der Waals surface area contributed by atoms with Gasteiger partial charge >= 0.3 is 5.97 Å². The van der Waals surface area contributed by atoms with Crippen molar-refractivity contribution in [3.05, 3.63) is 30.5 Å². The predicted octanol–water partition coefficient (Wildman–Crippen LogP) is 3.00. The highest BCUT2D eigenvalue weighted by atomic mass is 16.4. The molecular weight excluding hydrogens is 268 g/mol. The van der Waals surface area contributed by atoms with Gasteiger partial charge in [0.05, 0.1) is 5.92 Å². The molecule has 2 aromatic rings. The summed E-state index contributed by atoms with van der Waals surface area (Å²) in [5.74, 6) is 0.0598. The summed E-state index contributed by atoms with van der Waals surface area (Å²) in [5.41, 5.74) is 0. The number of aliphatic carboxylic acids is 1. The van der Waals surface area contributed by atoms with Gasteiger partial charge in [-0.25, -0.2) is 4.98 Å². The zero-order valence-corrected chi connectivity index (χ0v) is 11.6. The fourth-order valence-corrected chi connectivity index (χ4v) is 2.95. The summed E-state index contributed by atoms with van der Waals surface area (Å²) in [6.07, 6.45) is 4.79. The summed E-state index contributed by atoms with van der Waals surface area (Å²) < 4.78 is 0. The number of hydrogen-bond donors (Lipinski definition) is 3. The van der Waals surface area contributed by atoms with Crippen LogP contribution < -0.4 is 5.32 Å². The van der Waals surface area contributed by atoms with Crippen molar-refractivity contribution in [3.63, 3.8) is 0 Å². The minimum Gasteiger partial charge on any atom is -0.508 e. The highest BCUT2D eigenvalue weighted by molar-refractivity contribution is 5.92. The topological polar surface area (TPSA) is 82.5 Å². The van der Waals surface area contributed by atoms with Crippen LogP contribution in [0.15, 0.2) is 30.5 Å². The van der Waals surface area contributed by atoms with E-state index in [-0.39, 0.29) is 17.7 Å². The van der Waals surface area contributed by atoms with Crippen LogP contribution >= 0.6 is 0 Å². The number of anilines is 1. The molecule has 0 spiro atoms. The fourth-order valence-electron chi connectivity index (χ4n) is 2.95. The molecule has 1 aliphatic rings. The number of aromatic hydroxyl groups is 1. The second-order valence-corrected chi connectivity index (χ2v) is 5.60. The quantitative estimate of drug-likeness (QED) is 0.808. The van der Waals surface area contributed by atoms with E-state index < -0.39 is 5.97 Å². The summed E-state index contributed by atoms with van der Waals surface area (Å²) in [4.78, 5) is 15.3. The van der Waals surface area contributed by atoms with Crippen LogP contribution in [0.5, 0.6) is 5.75 Å². The minimum atomic E-state index is -0.693. The Morgan fingerprint density at radius 2 is 1.95 bits per heavy atom. The van der Waals surface area contributed by atoms with E-state index in [2.05, 4.69) is 10.3 Å². The monoisotopic (exact) mass is 286 g/mol. The number of nitrogens with one attached hydrogen (secondary N) is 1. The number of fused-ring (bicyclic) bond motifs is 1. The summed E-state index contributed by atoms with van der Waals surface area (Å²) in [6, 6.07) is 7.36. The van der Waals surface area contributed by atoms with Crippen molar-refractivity contribution in [1.82, 2.24) is 4.98 Å². The maximum atomic E-state index is 11.0. The lowest BCUT2D eigenvalue weighted by molar-refractivity contribution is -0.142. The standard InChI is InChI=1S/C16H18N2O3/c19-13-6-3-10-7-8-17-15(14(10)9-13)18-12-4-1-11(2-5-12)16(20)21/h3,6-9,11-12,19H,1-2,4-5H2,(H,17,18)(H,20,21).